The second-order valence-electron chi connectivity index (χ2n) is 9.65. The maximum atomic E-state index is 12.1. The number of fused-ring (bicyclic) bond motifs is 1. The topological polar surface area (TPSA) is 79.2 Å². The molecule has 186 valence electrons. The molecule has 0 spiro atoms. The summed E-state index contributed by atoms with van der Waals surface area (Å²) in [5.41, 5.74) is 2.99. The number of nitrogens with one attached hydrogen (secondary N) is 1. The van der Waals surface area contributed by atoms with Gasteiger partial charge in [-0.2, -0.15) is 0 Å². The highest BCUT2D eigenvalue weighted by atomic mass is 32.1. The van der Waals surface area contributed by atoms with Crippen molar-refractivity contribution in [2.45, 2.75) is 44.8 Å². The first-order valence-electron chi connectivity index (χ1n) is 12.8. The molecule has 2 aliphatic rings. The number of rotatable bonds is 8. The summed E-state index contributed by atoms with van der Waals surface area (Å²) in [5.74, 6) is 1.77. The third-order valence-electron chi connectivity index (χ3n) is 7.17. The van der Waals surface area contributed by atoms with E-state index >= 15 is 0 Å². The highest BCUT2D eigenvalue weighted by molar-refractivity contribution is 7.13. The summed E-state index contributed by atoms with van der Waals surface area (Å²) in [5, 5.41) is 5.77. The van der Waals surface area contributed by atoms with Crippen LogP contribution in [-0.2, 0) is 17.9 Å². The molecule has 0 unspecified atom stereocenters. The molecule has 8 nitrogen and oxygen atoms in total. The molecule has 1 N–H and O–H groups in total. The zero-order valence-corrected chi connectivity index (χ0v) is 21.2. The second-order valence-corrected chi connectivity index (χ2v) is 10.6. The van der Waals surface area contributed by atoms with Crippen molar-refractivity contribution < 1.29 is 4.79 Å². The molecule has 36 heavy (non-hydrogen) atoms. The Hall–Kier alpha value is -3.30. The third-order valence-corrected chi connectivity index (χ3v) is 8.03. The van der Waals surface area contributed by atoms with Gasteiger partial charge in [-0.3, -0.25) is 9.69 Å². The quantitative estimate of drug-likeness (QED) is 0.389. The van der Waals surface area contributed by atoms with E-state index in [1.807, 2.05) is 17.3 Å². The number of nitrogens with zero attached hydrogens (tertiary/aromatic N) is 6. The highest BCUT2D eigenvalue weighted by Crippen LogP contribution is 2.28. The van der Waals surface area contributed by atoms with Gasteiger partial charge in [-0.25, -0.2) is 15.0 Å². The van der Waals surface area contributed by atoms with Gasteiger partial charge in [0.15, 0.2) is 17.3 Å². The van der Waals surface area contributed by atoms with Crippen LogP contribution in [0.4, 0.5) is 5.82 Å². The van der Waals surface area contributed by atoms with Crippen LogP contribution in [0.15, 0.2) is 54.2 Å². The number of anilines is 1. The normalized spacial score (nSPS) is 17.3. The summed E-state index contributed by atoms with van der Waals surface area (Å²) >= 11 is 1.64. The molecule has 2 aliphatic heterocycles. The Bertz CT molecular complexity index is 1310. The van der Waals surface area contributed by atoms with Crippen LogP contribution < -0.4 is 5.32 Å². The van der Waals surface area contributed by atoms with E-state index in [9.17, 15) is 4.79 Å². The molecular weight excluding hydrogens is 470 g/mol. The molecule has 4 aromatic rings. The summed E-state index contributed by atoms with van der Waals surface area (Å²) in [4.78, 5) is 32.1. The van der Waals surface area contributed by atoms with Crippen molar-refractivity contribution in [2.75, 3.05) is 31.5 Å². The lowest BCUT2D eigenvalue weighted by molar-refractivity contribution is -0.127. The molecule has 0 saturated carbocycles. The number of imidazole rings is 1. The predicted octanol–water partition coefficient (Wildman–Crippen LogP) is 4.25. The van der Waals surface area contributed by atoms with E-state index in [2.05, 4.69) is 56.6 Å². The lowest BCUT2D eigenvalue weighted by atomic mass is 10.0. The molecule has 5 heterocycles. The van der Waals surface area contributed by atoms with Gasteiger partial charge in [-0.05, 0) is 36.3 Å². The largest absolute Gasteiger partial charge is 0.365 e. The predicted molar refractivity (Wildman–Crippen MR) is 143 cm³/mol. The third kappa shape index (κ3) is 4.99. The number of carbonyl (C=O) groups is 1. The Morgan fingerprint density at radius 2 is 1.86 bits per heavy atom. The molecule has 1 amide bonds. The monoisotopic (exact) mass is 501 g/mol. The molecule has 0 aliphatic carbocycles. The fourth-order valence-electron chi connectivity index (χ4n) is 5.16. The first-order valence-corrected chi connectivity index (χ1v) is 13.7. The zero-order valence-electron chi connectivity index (χ0n) is 20.3. The van der Waals surface area contributed by atoms with Crippen LogP contribution in [0.2, 0.25) is 0 Å². The van der Waals surface area contributed by atoms with E-state index in [0.29, 0.717) is 25.6 Å². The van der Waals surface area contributed by atoms with E-state index < -0.39 is 0 Å². The van der Waals surface area contributed by atoms with Crippen molar-refractivity contribution in [2.24, 2.45) is 0 Å². The first-order chi connectivity index (χ1) is 17.7. The molecule has 0 bridgehead atoms. The molecule has 6 rings (SSSR count). The number of thiophene rings is 1. The van der Waals surface area contributed by atoms with Gasteiger partial charge in [0.05, 0.1) is 11.2 Å². The van der Waals surface area contributed by atoms with Gasteiger partial charge in [-0.1, -0.05) is 36.4 Å². The number of hydrogen-bond donors (Lipinski definition) is 1. The molecule has 2 fully saturated rings. The van der Waals surface area contributed by atoms with Crippen molar-refractivity contribution in [1.82, 2.24) is 29.3 Å². The highest BCUT2D eigenvalue weighted by Gasteiger charge is 2.23. The van der Waals surface area contributed by atoms with Crippen molar-refractivity contribution in [3.63, 3.8) is 0 Å². The van der Waals surface area contributed by atoms with Crippen LogP contribution in [0.1, 0.15) is 31.2 Å². The lowest BCUT2D eigenvalue weighted by Crippen LogP contribution is -2.38. The number of likely N-dealkylation sites (tertiary alicyclic amines) is 2. The Labute approximate surface area is 215 Å². The number of amides is 1. The second kappa shape index (κ2) is 10.4. The van der Waals surface area contributed by atoms with E-state index in [1.165, 1.54) is 5.56 Å². The molecule has 3 aromatic heterocycles. The summed E-state index contributed by atoms with van der Waals surface area (Å²) in [6, 6.07) is 15.1. The van der Waals surface area contributed by atoms with Gasteiger partial charge >= 0.3 is 0 Å². The summed E-state index contributed by atoms with van der Waals surface area (Å²) in [6.45, 7) is 5.31. The standard InChI is InChI=1S/C27H31N7OS/c35-23-9-4-12-33(23)15-16-34-19-28-24-26(30-25(31-27(24)34)22-8-5-17-36-22)29-21-10-13-32(14-11-21)18-20-6-2-1-3-7-20/h1-3,5-8,17,19,21H,4,9-16,18H2,(H,29,30,31). The summed E-state index contributed by atoms with van der Waals surface area (Å²) in [6.07, 6.45) is 5.57. The van der Waals surface area contributed by atoms with Gasteiger partial charge < -0.3 is 14.8 Å². The Kier molecular flexibility index (Phi) is 6.65. The fourth-order valence-corrected chi connectivity index (χ4v) is 5.82. The average molecular weight is 502 g/mol. The minimum absolute atomic E-state index is 0.245. The van der Waals surface area contributed by atoms with Crippen LogP contribution in [0.25, 0.3) is 21.9 Å². The van der Waals surface area contributed by atoms with Crippen molar-refractivity contribution in [3.05, 3.63) is 59.7 Å². The summed E-state index contributed by atoms with van der Waals surface area (Å²) < 4.78 is 2.06. The maximum Gasteiger partial charge on any atom is 0.222 e. The Morgan fingerprint density at radius 3 is 2.61 bits per heavy atom. The van der Waals surface area contributed by atoms with Gasteiger partial charge in [0.2, 0.25) is 5.91 Å². The van der Waals surface area contributed by atoms with Crippen LogP contribution >= 0.6 is 11.3 Å². The van der Waals surface area contributed by atoms with Gasteiger partial charge in [0.1, 0.15) is 5.52 Å². The number of hydrogen-bond acceptors (Lipinski definition) is 7. The Morgan fingerprint density at radius 1 is 1.00 bits per heavy atom. The SMILES string of the molecule is O=C1CCCN1CCn1cnc2c(NC3CCN(Cc4ccccc4)CC3)nc(-c3cccs3)nc21. The van der Waals surface area contributed by atoms with Crippen molar-refractivity contribution >= 4 is 34.2 Å². The Balaban J connectivity index is 1.20. The van der Waals surface area contributed by atoms with Gasteiger partial charge in [-0.15, -0.1) is 11.3 Å². The smallest absolute Gasteiger partial charge is 0.222 e. The zero-order chi connectivity index (χ0) is 24.3. The molecule has 1 aromatic carbocycles. The minimum Gasteiger partial charge on any atom is -0.365 e. The van der Waals surface area contributed by atoms with E-state index in [0.717, 1.165) is 73.1 Å². The lowest BCUT2D eigenvalue weighted by Gasteiger charge is -2.32. The maximum absolute atomic E-state index is 12.1. The molecule has 9 heteroatoms. The molecule has 2 saturated heterocycles. The van der Waals surface area contributed by atoms with Crippen molar-refractivity contribution in [3.8, 4) is 10.7 Å². The van der Waals surface area contributed by atoms with E-state index in [1.54, 1.807) is 11.3 Å². The molecular formula is C27H31N7OS. The van der Waals surface area contributed by atoms with Crippen LogP contribution in [0, 0.1) is 0 Å². The van der Waals surface area contributed by atoms with Gasteiger partial charge in [0, 0.05) is 51.7 Å². The van der Waals surface area contributed by atoms with Crippen LogP contribution in [0.5, 0.6) is 0 Å². The number of carbonyl (C=O) groups excluding carboxylic acids is 1. The van der Waals surface area contributed by atoms with Crippen LogP contribution in [-0.4, -0.2) is 67.4 Å². The van der Waals surface area contributed by atoms with Crippen LogP contribution in [0.3, 0.4) is 0 Å². The number of aromatic nitrogens is 4. The van der Waals surface area contributed by atoms with Crippen molar-refractivity contribution in [1.29, 1.82) is 0 Å². The molecule has 0 radical (unpaired) electrons. The van der Waals surface area contributed by atoms with E-state index in [-0.39, 0.29) is 5.91 Å². The number of benzene rings is 1. The first kappa shape index (κ1) is 23.1. The molecule has 0 atom stereocenters. The van der Waals surface area contributed by atoms with E-state index in [4.69, 9.17) is 15.0 Å². The number of piperidine rings is 1. The average Bonchev–Trinajstić information content (AvgIpc) is 3.66. The summed E-state index contributed by atoms with van der Waals surface area (Å²) in [7, 11) is 0. The van der Waals surface area contributed by atoms with Gasteiger partial charge in [0.25, 0.3) is 0 Å². The minimum atomic E-state index is 0.245. The fraction of sp³-hybridized carbons (Fsp3) is 0.407.